The van der Waals surface area contributed by atoms with E-state index in [4.69, 9.17) is 4.74 Å². The third-order valence-corrected chi connectivity index (χ3v) is 4.09. The Kier molecular flexibility index (Phi) is 4.38. The number of ether oxygens (including phenoxy) is 1. The van der Waals surface area contributed by atoms with Crippen LogP contribution in [0.2, 0.25) is 0 Å². The Balaban J connectivity index is 1.68. The molecular formula is C16H19FN4O2. The lowest BCUT2D eigenvalue weighted by molar-refractivity contribution is 0.0786. The van der Waals surface area contributed by atoms with E-state index in [2.05, 4.69) is 10.3 Å². The van der Waals surface area contributed by atoms with Crippen molar-refractivity contribution in [2.75, 3.05) is 20.2 Å². The van der Waals surface area contributed by atoms with Crippen LogP contribution in [-0.4, -0.2) is 46.0 Å². The molecule has 1 saturated heterocycles. The molecule has 0 bridgehead atoms. The third-order valence-electron chi connectivity index (χ3n) is 4.09. The molecule has 2 heterocycles. The van der Waals surface area contributed by atoms with Gasteiger partial charge in [-0.1, -0.05) is 11.3 Å². The number of carbonyl (C=O) groups is 1. The molecule has 1 unspecified atom stereocenters. The minimum atomic E-state index is -0.355. The average Bonchev–Trinajstić information content (AvgIpc) is 3.18. The van der Waals surface area contributed by atoms with Gasteiger partial charge in [-0.2, -0.15) is 0 Å². The first-order valence-electron chi connectivity index (χ1n) is 7.53. The van der Waals surface area contributed by atoms with Crippen LogP contribution < -0.4 is 0 Å². The van der Waals surface area contributed by atoms with E-state index in [-0.39, 0.29) is 17.8 Å². The van der Waals surface area contributed by atoms with Crippen LogP contribution in [0.4, 0.5) is 4.39 Å². The first kappa shape index (κ1) is 15.6. The molecule has 0 radical (unpaired) electrons. The molecule has 122 valence electrons. The summed E-state index contributed by atoms with van der Waals surface area (Å²) in [6.45, 7) is 3.26. The van der Waals surface area contributed by atoms with Gasteiger partial charge in [0, 0.05) is 25.8 Å². The highest BCUT2D eigenvalue weighted by atomic mass is 19.1. The molecule has 1 amide bonds. The highest BCUT2D eigenvalue weighted by Crippen LogP contribution is 2.23. The Morgan fingerprint density at radius 1 is 1.48 bits per heavy atom. The predicted molar refractivity (Wildman–Crippen MR) is 81.4 cm³/mol. The molecule has 23 heavy (non-hydrogen) atoms. The smallest absolute Gasteiger partial charge is 0.254 e. The number of rotatable bonds is 4. The maximum atomic E-state index is 13.6. The van der Waals surface area contributed by atoms with E-state index in [1.165, 1.54) is 6.07 Å². The quantitative estimate of drug-likeness (QED) is 0.864. The number of aryl methyl sites for hydroxylation is 1. The number of nitrogens with zero attached hydrogens (tertiary/aromatic N) is 4. The van der Waals surface area contributed by atoms with Crippen molar-refractivity contribution in [2.45, 2.75) is 26.0 Å². The highest BCUT2D eigenvalue weighted by Gasteiger charge is 2.29. The lowest BCUT2D eigenvalue weighted by Crippen LogP contribution is -2.29. The summed E-state index contributed by atoms with van der Waals surface area (Å²) in [7, 11) is 1.61. The van der Waals surface area contributed by atoms with E-state index in [0.29, 0.717) is 30.8 Å². The summed E-state index contributed by atoms with van der Waals surface area (Å²) in [6, 6.07) is 4.69. The highest BCUT2D eigenvalue weighted by molar-refractivity contribution is 5.94. The molecule has 3 rings (SSSR count). The van der Waals surface area contributed by atoms with Gasteiger partial charge in [-0.15, -0.1) is 5.10 Å². The van der Waals surface area contributed by atoms with E-state index >= 15 is 0 Å². The van der Waals surface area contributed by atoms with Crippen molar-refractivity contribution >= 4 is 5.91 Å². The number of halogens is 1. The molecule has 1 aliphatic heterocycles. The van der Waals surface area contributed by atoms with Gasteiger partial charge in [0.05, 0.1) is 18.8 Å². The summed E-state index contributed by atoms with van der Waals surface area (Å²) >= 11 is 0. The zero-order chi connectivity index (χ0) is 16.4. The Labute approximate surface area is 133 Å². The Hall–Kier alpha value is -2.28. The molecular weight excluding hydrogens is 299 g/mol. The molecule has 1 aromatic carbocycles. The lowest BCUT2D eigenvalue weighted by atomic mass is 10.1. The van der Waals surface area contributed by atoms with Gasteiger partial charge >= 0.3 is 0 Å². The predicted octanol–water partition coefficient (Wildman–Crippen LogP) is 1.96. The number of benzene rings is 1. The standard InChI is InChI=1S/C16H19FN4O2/c1-11-3-4-12(7-15(11)17)16(22)20-6-5-14(9-20)21-8-13(10-23-2)18-19-21/h3-4,7-8,14H,5-6,9-10H2,1-2H3. The summed E-state index contributed by atoms with van der Waals surface area (Å²) in [6.07, 6.45) is 2.64. The van der Waals surface area contributed by atoms with Gasteiger partial charge in [0.25, 0.3) is 5.91 Å². The van der Waals surface area contributed by atoms with Crippen LogP contribution in [0.25, 0.3) is 0 Å². The normalized spacial score (nSPS) is 17.7. The molecule has 0 aliphatic carbocycles. The Morgan fingerprint density at radius 3 is 3.04 bits per heavy atom. The van der Waals surface area contributed by atoms with Crippen LogP contribution >= 0.6 is 0 Å². The minimum Gasteiger partial charge on any atom is -0.378 e. The maximum absolute atomic E-state index is 13.6. The van der Waals surface area contributed by atoms with Crippen LogP contribution in [0.1, 0.15) is 34.1 Å². The molecule has 0 N–H and O–H groups in total. The minimum absolute atomic E-state index is 0.0901. The molecule has 0 saturated carbocycles. The fourth-order valence-electron chi connectivity index (χ4n) is 2.76. The summed E-state index contributed by atoms with van der Waals surface area (Å²) in [5, 5.41) is 8.13. The van der Waals surface area contributed by atoms with E-state index in [1.54, 1.807) is 35.7 Å². The van der Waals surface area contributed by atoms with Crippen molar-refractivity contribution < 1.29 is 13.9 Å². The fourth-order valence-corrected chi connectivity index (χ4v) is 2.76. The summed E-state index contributed by atoms with van der Waals surface area (Å²) in [5.41, 5.74) is 1.68. The topological polar surface area (TPSA) is 60.2 Å². The van der Waals surface area contributed by atoms with Crippen LogP contribution in [-0.2, 0) is 11.3 Å². The number of amides is 1. The molecule has 2 aromatic rings. The van der Waals surface area contributed by atoms with Gasteiger partial charge in [0.15, 0.2) is 0 Å². The number of methoxy groups -OCH3 is 1. The first-order chi connectivity index (χ1) is 11.1. The third kappa shape index (κ3) is 3.24. The average molecular weight is 318 g/mol. The molecule has 6 nitrogen and oxygen atoms in total. The zero-order valence-corrected chi connectivity index (χ0v) is 13.2. The SMILES string of the molecule is COCc1cn(C2CCN(C(=O)c3ccc(C)c(F)c3)C2)nn1. The second-order valence-corrected chi connectivity index (χ2v) is 5.78. The monoisotopic (exact) mass is 318 g/mol. The Morgan fingerprint density at radius 2 is 2.30 bits per heavy atom. The first-order valence-corrected chi connectivity index (χ1v) is 7.53. The van der Waals surface area contributed by atoms with Crippen molar-refractivity contribution in [3.63, 3.8) is 0 Å². The number of aromatic nitrogens is 3. The summed E-state index contributed by atoms with van der Waals surface area (Å²) in [4.78, 5) is 14.2. The van der Waals surface area contributed by atoms with Crippen LogP contribution in [0, 0.1) is 12.7 Å². The van der Waals surface area contributed by atoms with E-state index in [9.17, 15) is 9.18 Å². The second-order valence-electron chi connectivity index (χ2n) is 5.78. The van der Waals surface area contributed by atoms with Crippen molar-refractivity contribution in [2.24, 2.45) is 0 Å². The summed E-state index contributed by atoms with van der Waals surface area (Å²) < 4.78 is 20.4. The van der Waals surface area contributed by atoms with Gasteiger partial charge in [-0.25, -0.2) is 9.07 Å². The molecule has 1 aliphatic rings. The van der Waals surface area contributed by atoms with Crippen molar-refractivity contribution in [3.05, 3.63) is 47.0 Å². The fraction of sp³-hybridized carbons (Fsp3) is 0.438. The number of hydrogen-bond acceptors (Lipinski definition) is 4. The largest absolute Gasteiger partial charge is 0.378 e. The molecule has 1 fully saturated rings. The molecule has 1 atom stereocenters. The second kappa shape index (κ2) is 6.45. The van der Waals surface area contributed by atoms with Crippen LogP contribution in [0.3, 0.4) is 0 Å². The maximum Gasteiger partial charge on any atom is 0.254 e. The van der Waals surface area contributed by atoms with Gasteiger partial charge in [0.2, 0.25) is 0 Å². The van der Waals surface area contributed by atoms with Crippen LogP contribution in [0.15, 0.2) is 24.4 Å². The van der Waals surface area contributed by atoms with Gasteiger partial charge in [0.1, 0.15) is 11.5 Å². The summed E-state index contributed by atoms with van der Waals surface area (Å²) in [5.74, 6) is -0.504. The number of carbonyl (C=O) groups excluding carboxylic acids is 1. The zero-order valence-electron chi connectivity index (χ0n) is 13.2. The van der Waals surface area contributed by atoms with Crippen LogP contribution in [0.5, 0.6) is 0 Å². The molecule has 7 heteroatoms. The molecule has 0 spiro atoms. The Bertz CT molecular complexity index is 716. The number of hydrogen-bond donors (Lipinski definition) is 0. The van der Waals surface area contributed by atoms with E-state index < -0.39 is 0 Å². The van der Waals surface area contributed by atoms with Crippen molar-refractivity contribution in [3.8, 4) is 0 Å². The van der Waals surface area contributed by atoms with Gasteiger partial charge in [-0.05, 0) is 31.0 Å². The van der Waals surface area contributed by atoms with Crippen molar-refractivity contribution in [1.82, 2.24) is 19.9 Å². The number of likely N-dealkylation sites (tertiary alicyclic amines) is 1. The van der Waals surface area contributed by atoms with Gasteiger partial charge < -0.3 is 9.64 Å². The van der Waals surface area contributed by atoms with E-state index in [1.807, 2.05) is 6.20 Å². The molecule has 1 aromatic heterocycles. The lowest BCUT2D eigenvalue weighted by Gasteiger charge is -2.16. The van der Waals surface area contributed by atoms with E-state index in [0.717, 1.165) is 12.1 Å². The van der Waals surface area contributed by atoms with Crippen molar-refractivity contribution in [1.29, 1.82) is 0 Å². The van der Waals surface area contributed by atoms with Gasteiger partial charge in [-0.3, -0.25) is 4.79 Å².